The molecule has 2 heterocycles. The smallest absolute Gasteiger partial charge is 0.329 e. The van der Waals surface area contributed by atoms with Crippen molar-refractivity contribution in [2.45, 2.75) is 11.8 Å². The van der Waals surface area contributed by atoms with Crippen molar-refractivity contribution in [3.63, 3.8) is 0 Å². The van der Waals surface area contributed by atoms with Gasteiger partial charge >= 0.3 is 11.8 Å². The van der Waals surface area contributed by atoms with Crippen molar-refractivity contribution in [2.75, 3.05) is 18.0 Å². The molecule has 0 saturated carbocycles. The highest BCUT2D eigenvalue weighted by Gasteiger charge is 2.63. The number of rotatable bonds is 5. The zero-order valence-electron chi connectivity index (χ0n) is 17.5. The fraction of sp³-hybridized carbons (Fsp3) is 0.174. The molecule has 176 valence electrons. The monoisotopic (exact) mass is 475 g/mol. The Morgan fingerprint density at radius 2 is 1.71 bits per heavy atom. The molecule has 2 N–H and O–H groups in total. The van der Waals surface area contributed by atoms with Gasteiger partial charge in [0.25, 0.3) is 0 Å². The minimum absolute atomic E-state index is 0.115. The van der Waals surface area contributed by atoms with Crippen molar-refractivity contribution in [1.82, 2.24) is 9.78 Å². The summed E-state index contributed by atoms with van der Waals surface area (Å²) >= 11 is 0. The Balaban J connectivity index is 1.70. The average Bonchev–Trinajstić information content (AvgIpc) is 3.01. The second kappa shape index (κ2) is 8.73. The van der Waals surface area contributed by atoms with Gasteiger partial charge in [-0.3, -0.25) is 4.79 Å². The molecule has 3 aromatic rings. The fourth-order valence-corrected chi connectivity index (χ4v) is 3.45. The van der Waals surface area contributed by atoms with Crippen LogP contribution in [0.15, 0.2) is 82.9 Å². The number of halogens is 5. The van der Waals surface area contributed by atoms with Gasteiger partial charge in [0.2, 0.25) is 5.43 Å². The maximum absolute atomic E-state index is 14.9. The van der Waals surface area contributed by atoms with Crippen LogP contribution >= 0.6 is 0 Å². The van der Waals surface area contributed by atoms with Crippen molar-refractivity contribution in [3.8, 4) is 5.69 Å². The number of aromatic nitrogens is 2. The Bertz CT molecular complexity index is 1300. The highest BCUT2D eigenvalue weighted by molar-refractivity contribution is 6.08. The summed E-state index contributed by atoms with van der Waals surface area (Å²) in [6.07, 6.45) is 3.76. The van der Waals surface area contributed by atoms with Crippen molar-refractivity contribution < 1.29 is 22.0 Å². The third-order valence-electron chi connectivity index (χ3n) is 5.17. The van der Waals surface area contributed by atoms with Crippen LogP contribution in [0.2, 0.25) is 0 Å². The van der Waals surface area contributed by atoms with Gasteiger partial charge in [0.15, 0.2) is 11.5 Å². The van der Waals surface area contributed by atoms with E-state index in [9.17, 15) is 26.7 Å². The van der Waals surface area contributed by atoms with E-state index < -0.39 is 36.2 Å². The third-order valence-corrected chi connectivity index (χ3v) is 5.17. The van der Waals surface area contributed by atoms with Gasteiger partial charge in [-0.2, -0.15) is 22.7 Å². The van der Waals surface area contributed by atoms with E-state index in [0.717, 1.165) is 16.8 Å². The van der Waals surface area contributed by atoms with Crippen LogP contribution in [0.25, 0.3) is 5.69 Å². The number of anilines is 1. The molecule has 1 aliphatic rings. The molecule has 4 rings (SSSR count). The summed E-state index contributed by atoms with van der Waals surface area (Å²) < 4.78 is 70.1. The zero-order valence-corrected chi connectivity index (χ0v) is 17.5. The van der Waals surface area contributed by atoms with Crippen LogP contribution in [0.3, 0.4) is 0 Å². The summed E-state index contributed by atoms with van der Waals surface area (Å²) in [7, 11) is 0. The largest absolute Gasteiger partial charge is 0.405 e. The molecule has 0 spiro atoms. The minimum atomic E-state index is -4.22. The summed E-state index contributed by atoms with van der Waals surface area (Å²) in [4.78, 5) is 17.5. The predicted octanol–water partition coefficient (Wildman–Crippen LogP) is 4.06. The molecule has 1 fully saturated rings. The summed E-state index contributed by atoms with van der Waals surface area (Å²) in [5.41, 5.74) is 5.28. The molecule has 6 nitrogen and oxygen atoms in total. The predicted molar refractivity (Wildman–Crippen MR) is 118 cm³/mol. The first-order valence-corrected chi connectivity index (χ1v) is 10.0. The number of aliphatic imine (C=N–C) groups is 1. The maximum atomic E-state index is 14.9. The highest BCUT2D eigenvalue weighted by atomic mass is 19.3. The van der Waals surface area contributed by atoms with Gasteiger partial charge in [0.1, 0.15) is 5.69 Å². The zero-order chi connectivity index (χ0) is 24.5. The summed E-state index contributed by atoms with van der Waals surface area (Å²) in [5, 5.41) is 4.16. The average molecular weight is 475 g/mol. The van der Waals surface area contributed by atoms with Crippen molar-refractivity contribution in [2.24, 2.45) is 10.7 Å². The Morgan fingerprint density at radius 1 is 1.03 bits per heavy atom. The van der Waals surface area contributed by atoms with Gasteiger partial charge in [0, 0.05) is 18.0 Å². The maximum Gasteiger partial charge on any atom is 0.329 e. The quantitative estimate of drug-likeness (QED) is 0.446. The molecular formula is C23H18F5N5O. The second-order valence-corrected chi connectivity index (χ2v) is 7.57. The molecule has 0 bridgehead atoms. The van der Waals surface area contributed by atoms with E-state index in [1.165, 1.54) is 30.6 Å². The molecule has 0 unspecified atom stereocenters. The number of hydrogen-bond acceptors (Lipinski definition) is 5. The molecule has 0 radical (unpaired) electrons. The first-order chi connectivity index (χ1) is 16.1. The molecule has 0 atom stereocenters. The number of allylic oxidation sites excluding steroid dienone is 1. The van der Waals surface area contributed by atoms with Crippen molar-refractivity contribution in [3.05, 3.63) is 94.8 Å². The lowest BCUT2D eigenvalue weighted by Gasteiger charge is -2.18. The fourth-order valence-electron chi connectivity index (χ4n) is 3.45. The normalized spacial score (nSPS) is 17.4. The van der Waals surface area contributed by atoms with E-state index >= 15 is 0 Å². The molecule has 1 aliphatic heterocycles. The summed E-state index contributed by atoms with van der Waals surface area (Å²) in [6, 6.07) is 13.2. The van der Waals surface area contributed by atoms with Gasteiger partial charge in [-0.25, -0.2) is 14.1 Å². The summed E-state index contributed by atoms with van der Waals surface area (Å²) in [6.45, 7) is -2.46. The van der Waals surface area contributed by atoms with E-state index in [1.807, 2.05) is 0 Å². The molecule has 1 aromatic heterocycles. The van der Waals surface area contributed by atoms with Crippen LogP contribution in [-0.4, -0.2) is 40.4 Å². The molecule has 0 aliphatic carbocycles. The molecule has 11 heteroatoms. The molecule has 0 amide bonds. The van der Waals surface area contributed by atoms with Crippen molar-refractivity contribution in [1.29, 1.82) is 0 Å². The lowest BCUT2D eigenvalue weighted by molar-refractivity contribution is -0.172. The van der Waals surface area contributed by atoms with Crippen LogP contribution in [-0.2, 0) is 0 Å². The number of benzene rings is 2. The van der Waals surface area contributed by atoms with Crippen LogP contribution < -0.4 is 16.1 Å². The van der Waals surface area contributed by atoms with Crippen LogP contribution in [0.5, 0.6) is 0 Å². The number of alkyl halides is 4. The lowest BCUT2D eigenvalue weighted by Crippen LogP contribution is -2.38. The van der Waals surface area contributed by atoms with Gasteiger partial charge < -0.3 is 10.6 Å². The third kappa shape index (κ3) is 4.41. The van der Waals surface area contributed by atoms with E-state index in [4.69, 9.17) is 5.73 Å². The Kier molecular flexibility index (Phi) is 5.94. The molecule has 1 saturated heterocycles. The van der Waals surface area contributed by atoms with E-state index in [1.54, 1.807) is 30.3 Å². The minimum Gasteiger partial charge on any atom is -0.405 e. The first kappa shape index (κ1) is 23.1. The number of para-hydroxylation sites is 1. The Labute approximate surface area is 190 Å². The van der Waals surface area contributed by atoms with E-state index in [0.29, 0.717) is 10.6 Å². The van der Waals surface area contributed by atoms with Gasteiger partial charge in [-0.05, 0) is 42.6 Å². The first-order valence-electron chi connectivity index (χ1n) is 10.0. The number of hydrogen-bond donors (Lipinski definition) is 1. The topological polar surface area (TPSA) is 76.5 Å². The van der Waals surface area contributed by atoms with Crippen LogP contribution in [0.1, 0.15) is 5.69 Å². The Morgan fingerprint density at radius 3 is 2.32 bits per heavy atom. The highest BCUT2D eigenvalue weighted by Crippen LogP contribution is 2.42. The van der Waals surface area contributed by atoms with Crippen LogP contribution in [0.4, 0.5) is 33.3 Å². The SMILES string of the molecule is NC=CC(=Nc1ccccc1)c1nn(-c2ccc(N3CC(F)(F)C(F)(F)C3)cc2F)ccc1=O. The van der Waals surface area contributed by atoms with Crippen molar-refractivity contribution >= 4 is 17.1 Å². The molecule has 34 heavy (non-hydrogen) atoms. The lowest BCUT2D eigenvalue weighted by atomic mass is 10.2. The number of nitrogens with zero attached hydrogens (tertiary/aromatic N) is 4. The molecular weight excluding hydrogens is 457 g/mol. The Hall–Kier alpha value is -4.02. The standard InChI is InChI=1S/C23H18F5N5O/c24-17-12-16(32-13-22(25,26)23(27,28)14-32)6-7-19(17)33-11-9-20(34)21(31-33)18(8-10-29)30-15-4-2-1-3-5-15/h1-12H,13-14,29H2. The molecule has 2 aromatic carbocycles. The summed E-state index contributed by atoms with van der Waals surface area (Å²) in [5.74, 6) is -9.35. The van der Waals surface area contributed by atoms with Gasteiger partial charge in [-0.1, -0.05) is 18.2 Å². The van der Waals surface area contributed by atoms with E-state index in [2.05, 4.69) is 10.1 Å². The second-order valence-electron chi connectivity index (χ2n) is 7.57. The number of nitrogens with two attached hydrogens (primary N) is 1. The van der Waals surface area contributed by atoms with Gasteiger partial charge in [0.05, 0.1) is 24.5 Å². The van der Waals surface area contributed by atoms with Crippen LogP contribution in [0, 0.1) is 5.82 Å². The van der Waals surface area contributed by atoms with Gasteiger partial charge in [-0.15, -0.1) is 0 Å². The van der Waals surface area contributed by atoms with E-state index in [-0.39, 0.29) is 22.8 Å².